The van der Waals surface area contributed by atoms with Crippen LogP contribution in [0.15, 0.2) is 23.4 Å². The van der Waals surface area contributed by atoms with E-state index in [1.54, 1.807) is 6.07 Å². The Bertz CT molecular complexity index is 440. The van der Waals surface area contributed by atoms with Crippen molar-refractivity contribution in [3.8, 4) is 0 Å². The molecular formula is C14H22FN3OS. The Balaban J connectivity index is 2.43. The Hall–Kier alpha value is -1.27. The molecule has 0 aliphatic carbocycles. The maximum atomic E-state index is 13.2. The number of benzene rings is 1. The van der Waals surface area contributed by atoms with Gasteiger partial charge in [-0.25, -0.2) is 4.39 Å². The molecule has 4 nitrogen and oxygen atoms in total. The minimum Gasteiger partial charge on any atom is -0.409 e. The van der Waals surface area contributed by atoms with Crippen molar-refractivity contribution >= 4 is 17.6 Å². The maximum Gasteiger partial charge on any atom is 0.170 e. The lowest BCUT2D eigenvalue weighted by molar-refractivity contribution is 0.318. The first-order valence-corrected chi connectivity index (χ1v) is 8.04. The van der Waals surface area contributed by atoms with Crippen LogP contribution >= 0.6 is 11.8 Å². The molecule has 1 aromatic carbocycles. The zero-order chi connectivity index (χ0) is 14.8. The third kappa shape index (κ3) is 5.79. The molecule has 1 rings (SSSR count). The normalized spacial score (nSPS) is 11.8. The molecule has 0 fully saturated rings. The number of nitrogens with zero attached hydrogens (tertiary/aromatic N) is 1. The van der Waals surface area contributed by atoms with E-state index in [4.69, 9.17) is 10.9 Å². The Morgan fingerprint density at radius 1 is 1.40 bits per heavy atom. The average Bonchev–Trinajstić information content (AvgIpc) is 2.46. The fraction of sp³-hybridized carbons (Fsp3) is 0.500. The number of oxime groups is 1. The van der Waals surface area contributed by atoms with Crippen LogP contribution in [0.4, 0.5) is 4.39 Å². The fourth-order valence-corrected chi connectivity index (χ4v) is 2.38. The quantitative estimate of drug-likeness (QED) is 0.215. The van der Waals surface area contributed by atoms with Gasteiger partial charge in [0.1, 0.15) is 5.82 Å². The standard InChI is InChI=1S/C14H22FN3OS/c1-20-8-4-2-3-7-17-10-11-5-6-12(15)9-13(11)14(16)18-19/h5-6,9,17,19H,2-4,7-8,10H2,1H3,(H2,16,18). The average molecular weight is 299 g/mol. The molecule has 1 aromatic rings. The molecule has 0 amide bonds. The highest BCUT2D eigenvalue weighted by Gasteiger charge is 2.08. The van der Waals surface area contributed by atoms with E-state index in [1.165, 1.54) is 30.7 Å². The first kappa shape index (κ1) is 16.8. The minimum atomic E-state index is -0.396. The van der Waals surface area contributed by atoms with E-state index < -0.39 is 5.82 Å². The number of halogens is 1. The number of rotatable bonds is 9. The van der Waals surface area contributed by atoms with E-state index in [1.807, 2.05) is 11.8 Å². The van der Waals surface area contributed by atoms with Crippen LogP contribution < -0.4 is 11.1 Å². The summed E-state index contributed by atoms with van der Waals surface area (Å²) in [6.07, 6.45) is 5.65. The van der Waals surface area contributed by atoms with Crippen molar-refractivity contribution in [3.63, 3.8) is 0 Å². The SMILES string of the molecule is CSCCCCCNCc1ccc(F)cc1/C(N)=N/O. The molecule has 0 saturated heterocycles. The van der Waals surface area contributed by atoms with Gasteiger partial charge in [0.15, 0.2) is 5.84 Å². The number of hydrogen-bond donors (Lipinski definition) is 3. The van der Waals surface area contributed by atoms with Crippen molar-refractivity contribution in [2.75, 3.05) is 18.6 Å². The molecule has 112 valence electrons. The topological polar surface area (TPSA) is 70.6 Å². The summed E-state index contributed by atoms with van der Waals surface area (Å²) in [5, 5.41) is 14.9. The summed E-state index contributed by atoms with van der Waals surface area (Å²) in [6.45, 7) is 1.48. The van der Waals surface area contributed by atoms with Crippen LogP contribution in [-0.2, 0) is 6.54 Å². The predicted molar refractivity (Wildman–Crippen MR) is 82.9 cm³/mol. The van der Waals surface area contributed by atoms with Gasteiger partial charge in [0.05, 0.1) is 0 Å². The highest BCUT2D eigenvalue weighted by molar-refractivity contribution is 7.98. The summed E-state index contributed by atoms with van der Waals surface area (Å²) in [7, 11) is 0. The molecule has 0 aliphatic rings. The van der Waals surface area contributed by atoms with Crippen molar-refractivity contribution in [3.05, 3.63) is 35.1 Å². The van der Waals surface area contributed by atoms with Crippen molar-refractivity contribution < 1.29 is 9.60 Å². The second-order valence-corrected chi connectivity index (χ2v) is 5.50. The molecule has 0 atom stereocenters. The van der Waals surface area contributed by atoms with E-state index in [2.05, 4.69) is 16.7 Å². The Morgan fingerprint density at radius 3 is 2.90 bits per heavy atom. The van der Waals surface area contributed by atoms with E-state index >= 15 is 0 Å². The molecule has 0 spiro atoms. The first-order chi connectivity index (χ1) is 9.69. The van der Waals surface area contributed by atoms with Gasteiger partial charge in [0, 0.05) is 12.1 Å². The number of hydrogen-bond acceptors (Lipinski definition) is 4. The largest absolute Gasteiger partial charge is 0.409 e. The Morgan fingerprint density at radius 2 is 2.20 bits per heavy atom. The van der Waals surface area contributed by atoms with E-state index in [0.29, 0.717) is 12.1 Å². The maximum absolute atomic E-state index is 13.2. The van der Waals surface area contributed by atoms with Crippen molar-refractivity contribution in [1.82, 2.24) is 5.32 Å². The minimum absolute atomic E-state index is 0.0683. The molecule has 0 heterocycles. The summed E-state index contributed by atoms with van der Waals surface area (Å²) < 4.78 is 13.2. The van der Waals surface area contributed by atoms with Crippen LogP contribution in [0.5, 0.6) is 0 Å². The molecule has 0 aromatic heterocycles. The van der Waals surface area contributed by atoms with Gasteiger partial charge in [-0.2, -0.15) is 11.8 Å². The number of nitrogens with two attached hydrogens (primary N) is 1. The number of unbranched alkanes of at least 4 members (excludes halogenated alkanes) is 2. The van der Waals surface area contributed by atoms with Crippen LogP contribution in [0.2, 0.25) is 0 Å². The second-order valence-electron chi connectivity index (χ2n) is 4.52. The predicted octanol–water partition coefficient (Wildman–Crippen LogP) is 2.54. The van der Waals surface area contributed by atoms with E-state index in [9.17, 15) is 4.39 Å². The molecular weight excluding hydrogens is 277 g/mol. The number of nitrogens with one attached hydrogen (secondary N) is 1. The van der Waals surface area contributed by atoms with Crippen LogP contribution in [0, 0.1) is 5.82 Å². The van der Waals surface area contributed by atoms with E-state index in [0.717, 1.165) is 18.5 Å². The monoisotopic (exact) mass is 299 g/mol. The molecule has 0 radical (unpaired) electrons. The molecule has 4 N–H and O–H groups in total. The highest BCUT2D eigenvalue weighted by Crippen LogP contribution is 2.11. The van der Waals surface area contributed by atoms with Crippen molar-refractivity contribution in [1.29, 1.82) is 0 Å². The van der Waals surface area contributed by atoms with Crippen LogP contribution in [0.3, 0.4) is 0 Å². The van der Waals surface area contributed by atoms with Gasteiger partial charge < -0.3 is 16.3 Å². The Kier molecular flexibility index (Phi) is 8.06. The molecule has 6 heteroatoms. The summed E-state index contributed by atoms with van der Waals surface area (Å²) in [4.78, 5) is 0. The third-order valence-corrected chi connectivity index (χ3v) is 3.67. The lowest BCUT2D eigenvalue weighted by atomic mass is 10.1. The van der Waals surface area contributed by atoms with Gasteiger partial charge in [-0.05, 0) is 49.1 Å². The van der Waals surface area contributed by atoms with Gasteiger partial charge in [0.2, 0.25) is 0 Å². The zero-order valence-electron chi connectivity index (χ0n) is 11.7. The van der Waals surface area contributed by atoms with Crippen LogP contribution in [-0.4, -0.2) is 29.6 Å². The summed E-state index contributed by atoms with van der Waals surface area (Å²) in [5.41, 5.74) is 6.81. The van der Waals surface area contributed by atoms with Crippen LogP contribution in [0.1, 0.15) is 30.4 Å². The molecule has 0 unspecified atom stereocenters. The van der Waals surface area contributed by atoms with Crippen molar-refractivity contribution in [2.45, 2.75) is 25.8 Å². The third-order valence-electron chi connectivity index (χ3n) is 2.97. The highest BCUT2D eigenvalue weighted by atomic mass is 32.2. The van der Waals surface area contributed by atoms with Gasteiger partial charge in [0.25, 0.3) is 0 Å². The second kappa shape index (κ2) is 9.61. The summed E-state index contributed by atoms with van der Waals surface area (Å²) >= 11 is 1.86. The molecule has 20 heavy (non-hydrogen) atoms. The van der Waals surface area contributed by atoms with Gasteiger partial charge in [-0.1, -0.05) is 17.6 Å². The summed E-state index contributed by atoms with van der Waals surface area (Å²) in [6, 6.07) is 4.32. The van der Waals surface area contributed by atoms with Crippen molar-refractivity contribution in [2.24, 2.45) is 10.9 Å². The van der Waals surface area contributed by atoms with E-state index in [-0.39, 0.29) is 5.84 Å². The molecule has 0 aliphatic heterocycles. The number of thioether (sulfide) groups is 1. The van der Waals surface area contributed by atoms with Gasteiger partial charge in [-0.15, -0.1) is 0 Å². The molecule has 0 bridgehead atoms. The lowest BCUT2D eigenvalue weighted by Gasteiger charge is -2.10. The zero-order valence-corrected chi connectivity index (χ0v) is 12.5. The smallest absolute Gasteiger partial charge is 0.170 e. The van der Waals surface area contributed by atoms with Gasteiger partial charge >= 0.3 is 0 Å². The molecule has 0 saturated carbocycles. The fourth-order valence-electron chi connectivity index (χ4n) is 1.89. The van der Waals surface area contributed by atoms with Gasteiger partial charge in [-0.3, -0.25) is 0 Å². The number of amidine groups is 1. The Labute approximate surface area is 123 Å². The lowest BCUT2D eigenvalue weighted by Crippen LogP contribution is -2.21. The summed E-state index contributed by atoms with van der Waals surface area (Å²) in [5.74, 6) is 0.736. The van der Waals surface area contributed by atoms with Crippen LogP contribution in [0.25, 0.3) is 0 Å². The first-order valence-electron chi connectivity index (χ1n) is 6.65.